The lowest BCUT2D eigenvalue weighted by Gasteiger charge is -2.35. The molecule has 3 heterocycles. The second-order valence-corrected chi connectivity index (χ2v) is 7.80. The van der Waals surface area contributed by atoms with Crippen LogP contribution >= 0.6 is 0 Å². The standard InChI is InChI=1S/C23H29N7O2/c1-3-27(4-2)20-9-10-21(26-25-20)28-13-15-29(16-14-28)22(31)11-12-30-17-24-19-8-6-5-7-18(19)23(30)32/h5-10,17H,3-4,11-16H2,1-2H3. The van der Waals surface area contributed by atoms with Gasteiger partial charge in [0.25, 0.3) is 5.56 Å². The van der Waals surface area contributed by atoms with Crippen molar-refractivity contribution in [2.24, 2.45) is 0 Å². The highest BCUT2D eigenvalue weighted by Crippen LogP contribution is 2.17. The minimum atomic E-state index is -0.111. The number of nitrogens with zero attached hydrogens (tertiary/aromatic N) is 7. The smallest absolute Gasteiger partial charge is 0.261 e. The Morgan fingerprint density at radius 2 is 1.75 bits per heavy atom. The summed E-state index contributed by atoms with van der Waals surface area (Å²) in [6.07, 6.45) is 1.80. The van der Waals surface area contributed by atoms with Crippen molar-refractivity contribution in [3.05, 3.63) is 53.1 Å². The Morgan fingerprint density at radius 3 is 2.44 bits per heavy atom. The van der Waals surface area contributed by atoms with Gasteiger partial charge < -0.3 is 14.7 Å². The molecule has 1 aliphatic heterocycles. The van der Waals surface area contributed by atoms with Crippen LogP contribution in [0.25, 0.3) is 10.9 Å². The molecule has 0 saturated carbocycles. The molecule has 1 saturated heterocycles. The summed E-state index contributed by atoms with van der Waals surface area (Å²) in [7, 11) is 0. The van der Waals surface area contributed by atoms with E-state index >= 15 is 0 Å². The Kier molecular flexibility index (Phi) is 6.63. The Morgan fingerprint density at radius 1 is 1.00 bits per heavy atom. The molecule has 0 unspecified atom stereocenters. The first-order valence-electron chi connectivity index (χ1n) is 11.2. The van der Waals surface area contributed by atoms with Gasteiger partial charge in [-0.2, -0.15) is 0 Å². The molecular formula is C23H29N7O2. The van der Waals surface area contributed by atoms with E-state index in [0.29, 0.717) is 43.6 Å². The molecule has 0 aliphatic carbocycles. The number of hydrogen-bond acceptors (Lipinski definition) is 7. The van der Waals surface area contributed by atoms with E-state index in [9.17, 15) is 9.59 Å². The topological polar surface area (TPSA) is 87.5 Å². The predicted octanol–water partition coefficient (Wildman–Crippen LogP) is 1.77. The summed E-state index contributed by atoms with van der Waals surface area (Å²) in [4.78, 5) is 35.8. The largest absolute Gasteiger partial charge is 0.356 e. The summed E-state index contributed by atoms with van der Waals surface area (Å²) < 4.78 is 1.52. The van der Waals surface area contributed by atoms with Gasteiger partial charge in [-0.1, -0.05) is 12.1 Å². The average molecular weight is 436 g/mol. The van der Waals surface area contributed by atoms with Gasteiger partial charge in [0.15, 0.2) is 11.6 Å². The van der Waals surface area contributed by atoms with Crippen LogP contribution in [-0.4, -0.2) is 69.8 Å². The number of rotatable bonds is 7. The maximum atomic E-state index is 12.7. The number of fused-ring (bicyclic) bond motifs is 1. The number of benzene rings is 1. The van der Waals surface area contributed by atoms with E-state index in [4.69, 9.17) is 0 Å². The average Bonchev–Trinajstić information content (AvgIpc) is 2.85. The molecule has 9 heteroatoms. The van der Waals surface area contributed by atoms with E-state index < -0.39 is 0 Å². The minimum Gasteiger partial charge on any atom is -0.356 e. The SMILES string of the molecule is CCN(CC)c1ccc(N2CCN(C(=O)CCn3cnc4ccccc4c3=O)CC2)nn1. The van der Waals surface area contributed by atoms with Crippen molar-refractivity contribution in [2.75, 3.05) is 49.1 Å². The van der Waals surface area contributed by atoms with Crippen LogP contribution in [-0.2, 0) is 11.3 Å². The highest BCUT2D eigenvalue weighted by atomic mass is 16.2. The number of hydrogen-bond donors (Lipinski definition) is 0. The monoisotopic (exact) mass is 435 g/mol. The molecule has 3 aromatic rings. The molecule has 0 atom stereocenters. The van der Waals surface area contributed by atoms with E-state index in [1.54, 1.807) is 6.07 Å². The Labute approximate surface area is 187 Å². The molecule has 0 N–H and O–H groups in total. The van der Waals surface area contributed by atoms with E-state index in [-0.39, 0.29) is 17.9 Å². The molecule has 0 radical (unpaired) electrons. The zero-order valence-electron chi connectivity index (χ0n) is 18.6. The molecule has 32 heavy (non-hydrogen) atoms. The number of carbonyl (C=O) groups is 1. The molecule has 0 bridgehead atoms. The molecule has 168 valence electrons. The van der Waals surface area contributed by atoms with Crippen molar-refractivity contribution in [1.29, 1.82) is 0 Å². The lowest BCUT2D eigenvalue weighted by molar-refractivity contribution is -0.131. The van der Waals surface area contributed by atoms with Crippen molar-refractivity contribution in [3.8, 4) is 0 Å². The fourth-order valence-corrected chi connectivity index (χ4v) is 4.03. The Bertz CT molecular complexity index is 1120. The molecule has 1 aromatic carbocycles. The predicted molar refractivity (Wildman–Crippen MR) is 125 cm³/mol. The highest BCUT2D eigenvalue weighted by Gasteiger charge is 2.22. The van der Waals surface area contributed by atoms with Gasteiger partial charge in [0.2, 0.25) is 5.91 Å². The zero-order chi connectivity index (χ0) is 22.5. The van der Waals surface area contributed by atoms with Crippen LogP contribution in [0.3, 0.4) is 0 Å². The van der Waals surface area contributed by atoms with Gasteiger partial charge in [-0.15, -0.1) is 10.2 Å². The summed E-state index contributed by atoms with van der Waals surface area (Å²) in [5.41, 5.74) is 0.560. The first-order chi connectivity index (χ1) is 15.6. The van der Waals surface area contributed by atoms with Gasteiger partial charge in [-0.3, -0.25) is 14.2 Å². The van der Waals surface area contributed by atoms with Crippen LogP contribution in [0.5, 0.6) is 0 Å². The van der Waals surface area contributed by atoms with Crippen LogP contribution < -0.4 is 15.4 Å². The van der Waals surface area contributed by atoms with Gasteiger partial charge in [0.1, 0.15) is 0 Å². The maximum Gasteiger partial charge on any atom is 0.261 e. The second-order valence-electron chi connectivity index (χ2n) is 7.80. The molecule has 1 amide bonds. The fraction of sp³-hybridized carbons (Fsp3) is 0.435. The number of amides is 1. The molecule has 1 fully saturated rings. The number of aryl methyl sites for hydroxylation is 1. The summed E-state index contributed by atoms with van der Waals surface area (Å²) in [5, 5.41) is 9.32. The van der Waals surface area contributed by atoms with Gasteiger partial charge in [-0.25, -0.2) is 4.98 Å². The Hall–Kier alpha value is -3.49. The van der Waals surface area contributed by atoms with E-state index in [1.807, 2.05) is 35.2 Å². The van der Waals surface area contributed by atoms with Crippen LogP contribution in [0, 0.1) is 0 Å². The number of para-hydroxylation sites is 1. The van der Waals surface area contributed by atoms with Gasteiger partial charge in [0.05, 0.1) is 17.2 Å². The zero-order valence-corrected chi connectivity index (χ0v) is 18.6. The van der Waals surface area contributed by atoms with Crippen LogP contribution in [0.1, 0.15) is 20.3 Å². The third kappa shape index (κ3) is 4.56. The molecular weight excluding hydrogens is 406 g/mol. The molecule has 0 spiro atoms. The van der Waals surface area contributed by atoms with E-state index in [2.05, 4.69) is 38.8 Å². The number of carbonyl (C=O) groups excluding carboxylic acids is 1. The number of aromatic nitrogens is 4. The van der Waals surface area contributed by atoms with Crippen LogP contribution in [0.2, 0.25) is 0 Å². The van der Waals surface area contributed by atoms with Crippen molar-refractivity contribution in [3.63, 3.8) is 0 Å². The normalized spacial score (nSPS) is 14.1. The van der Waals surface area contributed by atoms with Crippen LogP contribution in [0.4, 0.5) is 11.6 Å². The molecule has 1 aliphatic rings. The first-order valence-corrected chi connectivity index (χ1v) is 11.2. The summed E-state index contributed by atoms with van der Waals surface area (Å²) in [5.74, 6) is 1.76. The minimum absolute atomic E-state index is 0.0488. The summed E-state index contributed by atoms with van der Waals surface area (Å²) >= 11 is 0. The van der Waals surface area contributed by atoms with Crippen molar-refractivity contribution >= 4 is 28.4 Å². The third-order valence-corrected chi connectivity index (χ3v) is 5.98. The summed E-state index contributed by atoms with van der Waals surface area (Å²) in [6, 6.07) is 11.3. The van der Waals surface area contributed by atoms with Crippen molar-refractivity contribution in [1.82, 2.24) is 24.6 Å². The number of anilines is 2. The second kappa shape index (κ2) is 9.76. The first kappa shape index (κ1) is 21.7. The summed E-state index contributed by atoms with van der Waals surface area (Å²) in [6.45, 7) is 9.00. The van der Waals surface area contributed by atoms with Crippen LogP contribution in [0.15, 0.2) is 47.5 Å². The lowest BCUT2D eigenvalue weighted by atomic mass is 10.2. The third-order valence-electron chi connectivity index (χ3n) is 5.98. The van der Waals surface area contributed by atoms with E-state index in [1.165, 1.54) is 10.9 Å². The lowest BCUT2D eigenvalue weighted by Crippen LogP contribution is -2.49. The highest BCUT2D eigenvalue weighted by molar-refractivity contribution is 5.77. The molecule has 2 aromatic heterocycles. The van der Waals surface area contributed by atoms with Gasteiger partial charge in [-0.05, 0) is 38.1 Å². The number of piperazine rings is 1. The van der Waals surface area contributed by atoms with Crippen molar-refractivity contribution in [2.45, 2.75) is 26.8 Å². The van der Waals surface area contributed by atoms with Crippen molar-refractivity contribution < 1.29 is 4.79 Å². The maximum absolute atomic E-state index is 12.7. The Balaban J connectivity index is 1.31. The molecule has 4 rings (SSSR count). The quantitative estimate of drug-likeness (QED) is 0.559. The fourth-order valence-electron chi connectivity index (χ4n) is 4.03. The van der Waals surface area contributed by atoms with Gasteiger partial charge >= 0.3 is 0 Å². The molecule has 9 nitrogen and oxygen atoms in total. The van der Waals surface area contributed by atoms with Gasteiger partial charge in [0, 0.05) is 52.2 Å². The van der Waals surface area contributed by atoms with E-state index in [0.717, 1.165) is 24.7 Å².